The molecule has 0 saturated carbocycles. The van der Waals surface area contributed by atoms with E-state index in [9.17, 15) is 9.59 Å². The Kier molecular flexibility index (Phi) is 5.97. The average molecular weight is 388 g/mol. The number of carbonyl (C=O) groups is 2. The zero-order valence-electron chi connectivity index (χ0n) is 16.0. The maximum Gasteiger partial charge on any atom is 0.256 e. The molecule has 0 aliphatic carbocycles. The van der Waals surface area contributed by atoms with Gasteiger partial charge in [-0.2, -0.15) is 0 Å². The summed E-state index contributed by atoms with van der Waals surface area (Å²) in [5, 5.41) is 1.36. The maximum atomic E-state index is 13.1. The molecule has 3 rings (SSSR count). The third-order valence-corrected chi connectivity index (χ3v) is 4.89. The van der Waals surface area contributed by atoms with Crippen molar-refractivity contribution in [2.45, 2.75) is 39.7 Å². The summed E-state index contributed by atoms with van der Waals surface area (Å²) in [6.07, 6.45) is 0. The van der Waals surface area contributed by atoms with Crippen molar-refractivity contribution in [3.8, 4) is 11.1 Å². The Balaban J connectivity index is 0.00000261. The SMILES string of the molecule is CC1C(=O)N(NC(=O)[C@@H](N)C(C)(C)C)c2ccccc2-c2ccccc21.Cl. The molecule has 2 aromatic rings. The van der Waals surface area contributed by atoms with Crippen molar-refractivity contribution in [3.05, 3.63) is 54.1 Å². The number of nitrogens with zero attached hydrogens (tertiary/aromatic N) is 1. The van der Waals surface area contributed by atoms with Crippen LogP contribution in [0.25, 0.3) is 11.1 Å². The van der Waals surface area contributed by atoms with Crippen molar-refractivity contribution < 1.29 is 9.59 Å². The molecule has 0 fully saturated rings. The van der Waals surface area contributed by atoms with E-state index in [1.54, 1.807) is 0 Å². The Morgan fingerprint density at radius 3 is 2.26 bits per heavy atom. The van der Waals surface area contributed by atoms with Crippen LogP contribution in [0.5, 0.6) is 0 Å². The summed E-state index contributed by atoms with van der Waals surface area (Å²) < 4.78 is 0. The highest BCUT2D eigenvalue weighted by atomic mass is 35.5. The third kappa shape index (κ3) is 3.84. The summed E-state index contributed by atoms with van der Waals surface area (Å²) in [5.41, 5.74) is 11.9. The largest absolute Gasteiger partial charge is 0.319 e. The lowest BCUT2D eigenvalue weighted by atomic mass is 9.87. The van der Waals surface area contributed by atoms with Crippen molar-refractivity contribution in [2.24, 2.45) is 11.1 Å². The van der Waals surface area contributed by atoms with Crippen LogP contribution in [-0.4, -0.2) is 17.9 Å². The summed E-state index contributed by atoms with van der Waals surface area (Å²) in [4.78, 5) is 25.8. The van der Waals surface area contributed by atoms with Crippen molar-refractivity contribution in [1.29, 1.82) is 0 Å². The number of rotatable bonds is 2. The van der Waals surface area contributed by atoms with Gasteiger partial charge in [-0.15, -0.1) is 12.4 Å². The first kappa shape index (κ1) is 20.9. The molecule has 1 heterocycles. The Hall–Kier alpha value is -2.37. The fourth-order valence-electron chi connectivity index (χ4n) is 3.15. The van der Waals surface area contributed by atoms with E-state index in [0.717, 1.165) is 16.7 Å². The zero-order chi connectivity index (χ0) is 19.1. The van der Waals surface area contributed by atoms with Gasteiger partial charge in [0.25, 0.3) is 11.8 Å². The van der Waals surface area contributed by atoms with Gasteiger partial charge in [0.2, 0.25) is 0 Å². The Morgan fingerprint density at radius 2 is 1.63 bits per heavy atom. The van der Waals surface area contributed by atoms with Gasteiger partial charge in [0.1, 0.15) is 0 Å². The molecule has 144 valence electrons. The number of fused-ring (bicyclic) bond motifs is 3. The number of hydrazine groups is 1. The van der Waals surface area contributed by atoms with Crippen molar-refractivity contribution in [1.82, 2.24) is 5.43 Å². The average Bonchev–Trinajstić information content (AvgIpc) is 2.70. The smallest absolute Gasteiger partial charge is 0.256 e. The van der Waals surface area contributed by atoms with Gasteiger partial charge in [-0.05, 0) is 29.5 Å². The third-order valence-electron chi connectivity index (χ3n) is 4.89. The second-order valence-electron chi connectivity index (χ2n) is 7.82. The number of anilines is 1. The zero-order valence-corrected chi connectivity index (χ0v) is 16.8. The molecule has 3 N–H and O–H groups in total. The van der Waals surface area contributed by atoms with Gasteiger partial charge in [-0.1, -0.05) is 63.2 Å². The van der Waals surface area contributed by atoms with Crippen molar-refractivity contribution in [2.75, 3.05) is 5.01 Å². The quantitative estimate of drug-likeness (QED) is 0.826. The van der Waals surface area contributed by atoms with Crippen LogP contribution in [0.3, 0.4) is 0 Å². The second kappa shape index (κ2) is 7.71. The molecule has 0 aromatic heterocycles. The maximum absolute atomic E-state index is 13.1. The molecular weight excluding hydrogens is 362 g/mol. The van der Waals surface area contributed by atoms with Gasteiger partial charge in [-0.3, -0.25) is 15.0 Å². The number of para-hydroxylation sites is 1. The summed E-state index contributed by atoms with van der Waals surface area (Å²) in [5.74, 6) is -0.944. The van der Waals surface area contributed by atoms with Gasteiger partial charge in [0.15, 0.2) is 0 Å². The Morgan fingerprint density at radius 1 is 1.07 bits per heavy atom. The van der Waals surface area contributed by atoms with E-state index in [4.69, 9.17) is 5.73 Å². The van der Waals surface area contributed by atoms with Crippen LogP contribution in [-0.2, 0) is 9.59 Å². The number of halogens is 1. The molecule has 2 atom stereocenters. The van der Waals surface area contributed by atoms with Crippen LogP contribution in [0, 0.1) is 5.41 Å². The number of carbonyl (C=O) groups excluding carboxylic acids is 2. The molecule has 2 amide bonds. The molecule has 0 spiro atoms. The van der Waals surface area contributed by atoms with E-state index in [1.807, 2.05) is 76.2 Å². The first-order valence-electron chi connectivity index (χ1n) is 8.80. The number of benzene rings is 2. The molecule has 0 radical (unpaired) electrons. The topological polar surface area (TPSA) is 75.4 Å². The highest BCUT2D eigenvalue weighted by Gasteiger charge is 2.35. The number of hydrogen-bond acceptors (Lipinski definition) is 3. The van der Waals surface area contributed by atoms with Crippen LogP contribution >= 0.6 is 12.4 Å². The van der Waals surface area contributed by atoms with Crippen LogP contribution in [0.1, 0.15) is 39.2 Å². The minimum atomic E-state index is -0.733. The molecular formula is C21H26ClN3O2. The first-order valence-corrected chi connectivity index (χ1v) is 8.80. The summed E-state index contributed by atoms with van der Waals surface area (Å²) >= 11 is 0. The standard InChI is InChI=1S/C21H25N3O2.ClH/c1-13-14-9-5-6-10-15(14)16-11-7-8-12-17(16)24(20(13)26)23-19(25)18(22)21(2,3)4;/h5-13,18H,22H2,1-4H3,(H,23,25);1H/t13?,18-;/m1./s1. The first-order chi connectivity index (χ1) is 12.2. The van der Waals surface area contributed by atoms with E-state index in [1.165, 1.54) is 5.01 Å². The summed E-state index contributed by atoms with van der Waals surface area (Å²) in [6, 6.07) is 14.7. The van der Waals surface area contributed by atoms with Crippen LogP contribution in [0.2, 0.25) is 0 Å². The van der Waals surface area contributed by atoms with Gasteiger partial charge in [0, 0.05) is 5.56 Å². The second-order valence-corrected chi connectivity index (χ2v) is 7.82. The lowest BCUT2D eigenvalue weighted by Gasteiger charge is -2.30. The van der Waals surface area contributed by atoms with E-state index in [0.29, 0.717) is 5.69 Å². The molecule has 27 heavy (non-hydrogen) atoms. The predicted octanol–water partition coefficient (Wildman–Crippen LogP) is 3.63. The Bertz CT molecular complexity index is 861. The van der Waals surface area contributed by atoms with Gasteiger partial charge < -0.3 is 5.73 Å². The predicted molar refractivity (Wildman–Crippen MR) is 111 cm³/mol. The van der Waals surface area contributed by atoms with Crippen molar-refractivity contribution in [3.63, 3.8) is 0 Å². The number of nitrogens with two attached hydrogens (primary N) is 1. The normalized spacial score (nSPS) is 17.1. The lowest BCUT2D eigenvalue weighted by Crippen LogP contribution is -2.56. The number of hydrogen-bond donors (Lipinski definition) is 2. The minimum absolute atomic E-state index is 0. The number of nitrogens with one attached hydrogen (secondary N) is 1. The van der Waals surface area contributed by atoms with Gasteiger partial charge >= 0.3 is 0 Å². The molecule has 5 nitrogen and oxygen atoms in total. The molecule has 2 aromatic carbocycles. The monoisotopic (exact) mass is 387 g/mol. The number of amides is 2. The molecule has 0 saturated heterocycles. The molecule has 1 aliphatic heterocycles. The van der Waals surface area contributed by atoms with E-state index < -0.39 is 11.5 Å². The molecule has 6 heteroatoms. The minimum Gasteiger partial charge on any atom is -0.319 e. The fraction of sp³-hybridized carbons (Fsp3) is 0.333. The lowest BCUT2D eigenvalue weighted by molar-refractivity contribution is -0.128. The van der Waals surface area contributed by atoms with Gasteiger partial charge in [0.05, 0.1) is 17.6 Å². The highest BCUT2D eigenvalue weighted by Crippen LogP contribution is 2.40. The van der Waals surface area contributed by atoms with E-state index in [-0.39, 0.29) is 30.1 Å². The van der Waals surface area contributed by atoms with Gasteiger partial charge in [-0.25, -0.2) is 5.01 Å². The molecule has 1 aliphatic rings. The van der Waals surface area contributed by atoms with E-state index in [2.05, 4.69) is 5.43 Å². The van der Waals surface area contributed by atoms with Crippen LogP contribution < -0.4 is 16.2 Å². The van der Waals surface area contributed by atoms with Crippen LogP contribution in [0.15, 0.2) is 48.5 Å². The summed E-state index contributed by atoms with van der Waals surface area (Å²) in [7, 11) is 0. The molecule has 0 bridgehead atoms. The summed E-state index contributed by atoms with van der Waals surface area (Å²) in [6.45, 7) is 7.55. The molecule has 1 unspecified atom stereocenters. The highest BCUT2D eigenvalue weighted by molar-refractivity contribution is 6.06. The van der Waals surface area contributed by atoms with E-state index >= 15 is 0 Å². The van der Waals surface area contributed by atoms with Crippen molar-refractivity contribution >= 4 is 29.9 Å². The fourth-order valence-corrected chi connectivity index (χ4v) is 3.15. The van der Waals surface area contributed by atoms with Crippen LogP contribution in [0.4, 0.5) is 5.69 Å². The Labute approximate surface area is 166 Å².